The minimum absolute atomic E-state index is 0.0860. The molecule has 0 saturated heterocycles. The minimum atomic E-state index is -5.03. The van der Waals surface area contributed by atoms with Crippen molar-refractivity contribution in [3.8, 4) is 0 Å². The van der Waals surface area contributed by atoms with Crippen LogP contribution in [0.1, 0.15) is 194 Å². The molecule has 6 atom stereocenters. The van der Waals surface area contributed by atoms with E-state index in [-0.39, 0.29) is 13.0 Å². The van der Waals surface area contributed by atoms with Crippen LogP contribution in [-0.4, -0.2) is 98.9 Å². The van der Waals surface area contributed by atoms with E-state index in [0.29, 0.717) is 13.0 Å². The summed E-state index contributed by atoms with van der Waals surface area (Å²) in [7, 11) is -5.03. The maximum absolute atomic E-state index is 12.8. The third kappa shape index (κ3) is 32.7. The number of allylic oxidation sites excluding steroid dienone is 10. The molecule has 64 heavy (non-hydrogen) atoms. The standard InChI is InChI=1S/C51H91O12P/c1-3-5-7-9-11-13-15-17-19-20-21-22-23-24-25-27-29-31-33-35-37-39-41-60-42-44(43-61-64(58,59)63-51-49(56)47(54)46(53)48(55)50(51)57)62-45(52)40-38-36-34-32-30-28-26-18-16-14-12-10-8-6-4-2/h5,7,11,13,17-19,21-22,26,44,46-51,53-57H,3-4,6,8-10,12,14-16,20,23-25,27-43H2,1-2H3,(H,58,59)/b7-5-,13-11-,19-17-,22-21-,26-18-. The zero-order valence-electron chi connectivity index (χ0n) is 39.8. The molecule has 0 aromatic rings. The summed E-state index contributed by atoms with van der Waals surface area (Å²) in [6.45, 7) is 4.12. The predicted molar refractivity (Wildman–Crippen MR) is 258 cm³/mol. The third-order valence-corrected chi connectivity index (χ3v) is 12.4. The number of carbonyl (C=O) groups excluding carboxylic acids is 1. The van der Waals surface area contributed by atoms with Gasteiger partial charge >= 0.3 is 13.8 Å². The van der Waals surface area contributed by atoms with Crippen molar-refractivity contribution in [3.63, 3.8) is 0 Å². The molecule has 12 nitrogen and oxygen atoms in total. The summed E-state index contributed by atoms with van der Waals surface area (Å²) in [5, 5.41) is 50.3. The van der Waals surface area contributed by atoms with E-state index in [1.54, 1.807) is 0 Å². The summed E-state index contributed by atoms with van der Waals surface area (Å²) in [6, 6.07) is 0. The molecule has 372 valence electrons. The predicted octanol–water partition coefficient (Wildman–Crippen LogP) is 11.0. The summed E-state index contributed by atoms with van der Waals surface area (Å²) < 4.78 is 34.3. The fraction of sp³-hybridized carbons (Fsp3) is 0.784. The lowest BCUT2D eigenvalue weighted by Crippen LogP contribution is -2.64. The smallest absolute Gasteiger partial charge is 0.457 e. The lowest BCUT2D eigenvalue weighted by atomic mass is 9.85. The van der Waals surface area contributed by atoms with Crippen LogP contribution in [0.4, 0.5) is 0 Å². The molecule has 13 heteroatoms. The molecule has 0 bridgehead atoms. The van der Waals surface area contributed by atoms with Gasteiger partial charge in [0.05, 0.1) is 13.2 Å². The van der Waals surface area contributed by atoms with Crippen molar-refractivity contribution in [3.05, 3.63) is 60.8 Å². The second-order valence-electron chi connectivity index (χ2n) is 17.3. The number of phosphoric acid groups is 1. The number of carbonyl (C=O) groups is 1. The fourth-order valence-corrected chi connectivity index (χ4v) is 8.37. The first kappa shape index (κ1) is 60.1. The van der Waals surface area contributed by atoms with Crippen molar-refractivity contribution in [1.82, 2.24) is 0 Å². The van der Waals surface area contributed by atoms with Crippen molar-refractivity contribution >= 4 is 13.8 Å². The van der Waals surface area contributed by atoms with Crippen molar-refractivity contribution < 1.29 is 58.3 Å². The van der Waals surface area contributed by atoms with Gasteiger partial charge in [0.15, 0.2) is 0 Å². The number of esters is 1. The zero-order valence-corrected chi connectivity index (χ0v) is 40.7. The molecular weight excluding hydrogens is 836 g/mol. The van der Waals surface area contributed by atoms with Crippen LogP contribution in [0.3, 0.4) is 0 Å². The van der Waals surface area contributed by atoms with E-state index in [2.05, 4.69) is 74.6 Å². The van der Waals surface area contributed by atoms with E-state index in [9.17, 15) is 39.8 Å². The molecule has 1 fully saturated rings. The van der Waals surface area contributed by atoms with Crippen molar-refractivity contribution in [2.45, 2.75) is 236 Å². The number of hydrogen-bond acceptors (Lipinski definition) is 11. The highest BCUT2D eigenvalue weighted by Crippen LogP contribution is 2.47. The molecule has 1 aliphatic carbocycles. The Labute approximate surface area is 387 Å². The van der Waals surface area contributed by atoms with Gasteiger partial charge in [0.1, 0.15) is 42.7 Å². The van der Waals surface area contributed by atoms with Crippen molar-refractivity contribution in [2.24, 2.45) is 0 Å². The largest absolute Gasteiger partial charge is 0.472 e. The Kier molecular flexibility index (Phi) is 38.7. The molecular formula is C51H91O12P. The van der Waals surface area contributed by atoms with Crippen LogP contribution in [0.15, 0.2) is 60.8 Å². The van der Waals surface area contributed by atoms with Crippen LogP contribution < -0.4 is 0 Å². The van der Waals surface area contributed by atoms with Gasteiger partial charge in [0.25, 0.3) is 0 Å². The number of aliphatic hydroxyl groups is 5. The van der Waals surface area contributed by atoms with Gasteiger partial charge in [-0.25, -0.2) is 4.57 Å². The molecule has 0 heterocycles. The molecule has 6 unspecified atom stereocenters. The van der Waals surface area contributed by atoms with Gasteiger partial charge in [0.2, 0.25) is 0 Å². The molecule has 0 aromatic carbocycles. The molecule has 1 rings (SSSR count). The molecule has 1 aliphatic rings. The summed E-state index contributed by atoms with van der Waals surface area (Å²) >= 11 is 0. The Morgan fingerprint density at radius 1 is 0.516 bits per heavy atom. The van der Waals surface area contributed by atoms with E-state index in [1.165, 1.54) is 70.6 Å². The van der Waals surface area contributed by atoms with E-state index < -0.39 is 63.1 Å². The quantitative estimate of drug-likeness (QED) is 0.0147. The summed E-state index contributed by atoms with van der Waals surface area (Å²) in [6.07, 6.45) is 40.0. The molecule has 6 N–H and O–H groups in total. The summed E-state index contributed by atoms with van der Waals surface area (Å²) in [4.78, 5) is 23.2. The Bertz CT molecular complexity index is 1290. The van der Waals surface area contributed by atoms with Crippen LogP contribution in [-0.2, 0) is 27.9 Å². The van der Waals surface area contributed by atoms with Crippen LogP contribution in [0.5, 0.6) is 0 Å². The maximum Gasteiger partial charge on any atom is 0.472 e. The Morgan fingerprint density at radius 3 is 1.42 bits per heavy atom. The first-order valence-corrected chi connectivity index (χ1v) is 26.6. The number of rotatable bonds is 42. The van der Waals surface area contributed by atoms with Crippen LogP contribution >= 0.6 is 7.82 Å². The van der Waals surface area contributed by atoms with Gasteiger partial charge in [-0.2, -0.15) is 0 Å². The van der Waals surface area contributed by atoms with Crippen molar-refractivity contribution in [1.29, 1.82) is 0 Å². The topological polar surface area (TPSA) is 192 Å². The van der Waals surface area contributed by atoms with E-state index in [0.717, 1.165) is 96.3 Å². The lowest BCUT2D eigenvalue weighted by molar-refractivity contribution is -0.220. The third-order valence-electron chi connectivity index (χ3n) is 11.4. The highest BCUT2D eigenvalue weighted by molar-refractivity contribution is 7.47. The maximum atomic E-state index is 12.8. The second-order valence-corrected chi connectivity index (χ2v) is 18.7. The van der Waals surface area contributed by atoms with Gasteiger partial charge < -0.3 is 39.9 Å². The molecule has 0 aromatic heterocycles. The van der Waals surface area contributed by atoms with Gasteiger partial charge in [-0.1, -0.05) is 171 Å². The van der Waals surface area contributed by atoms with Gasteiger partial charge in [0, 0.05) is 13.0 Å². The average Bonchev–Trinajstić information content (AvgIpc) is 3.28. The Morgan fingerprint density at radius 2 is 0.922 bits per heavy atom. The van der Waals surface area contributed by atoms with Crippen LogP contribution in [0.25, 0.3) is 0 Å². The van der Waals surface area contributed by atoms with E-state index in [4.69, 9.17) is 18.5 Å². The number of ether oxygens (including phenoxy) is 2. The molecule has 1 saturated carbocycles. The fourth-order valence-electron chi connectivity index (χ4n) is 7.40. The van der Waals surface area contributed by atoms with Crippen LogP contribution in [0, 0.1) is 0 Å². The Balaban J connectivity index is 2.35. The summed E-state index contributed by atoms with van der Waals surface area (Å²) in [5.74, 6) is -0.489. The lowest BCUT2D eigenvalue weighted by Gasteiger charge is -2.41. The molecule has 0 radical (unpaired) electrons. The summed E-state index contributed by atoms with van der Waals surface area (Å²) in [5.41, 5.74) is 0. The highest BCUT2D eigenvalue weighted by atomic mass is 31.2. The highest BCUT2D eigenvalue weighted by Gasteiger charge is 2.51. The zero-order chi connectivity index (χ0) is 46.9. The number of phosphoric ester groups is 1. The first-order chi connectivity index (χ1) is 31.0. The SMILES string of the molecule is CC/C=C\C/C=C\C/C=C\C/C=C\CCCCCCCCCCCOCC(COP(=O)(O)OC1C(O)C(O)C(O)C(O)C1O)OC(=O)CCCCCCC/C=C\CCCCCCCC. The van der Waals surface area contributed by atoms with Crippen LogP contribution in [0.2, 0.25) is 0 Å². The molecule has 0 amide bonds. The van der Waals surface area contributed by atoms with E-state index >= 15 is 0 Å². The first-order valence-electron chi connectivity index (χ1n) is 25.1. The van der Waals surface area contributed by atoms with Gasteiger partial charge in [-0.05, 0) is 77.0 Å². The minimum Gasteiger partial charge on any atom is -0.457 e. The number of aliphatic hydroxyl groups excluding tert-OH is 5. The monoisotopic (exact) mass is 927 g/mol. The molecule has 0 spiro atoms. The average molecular weight is 927 g/mol. The van der Waals surface area contributed by atoms with Crippen molar-refractivity contribution in [2.75, 3.05) is 19.8 Å². The molecule has 0 aliphatic heterocycles. The van der Waals surface area contributed by atoms with Gasteiger partial charge in [-0.15, -0.1) is 0 Å². The number of unbranched alkanes of at least 4 members (excludes halogenated alkanes) is 20. The Hall–Kier alpha value is -1.96. The normalized spacial score (nSPS) is 22.2. The number of hydrogen-bond donors (Lipinski definition) is 6. The van der Waals surface area contributed by atoms with Gasteiger partial charge in [-0.3, -0.25) is 13.8 Å². The van der Waals surface area contributed by atoms with E-state index in [1.807, 2.05) is 0 Å². The second kappa shape index (κ2) is 41.2.